The lowest BCUT2D eigenvalue weighted by atomic mass is 10.1. The Morgan fingerprint density at radius 3 is 2.59 bits per heavy atom. The number of hydrogen-bond donors (Lipinski definition) is 0. The molecule has 1 saturated heterocycles. The Labute approximate surface area is 193 Å². The van der Waals surface area contributed by atoms with Gasteiger partial charge in [-0.1, -0.05) is 0 Å². The molecule has 4 heterocycles. The van der Waals surface area contributed by atoms with E-state index in [4.69, 9.17) is 9.72 Å². The number of methoxy groups -OCH3 is 1. The number of rotatable bonds is 5. The largest absolute Gasteiger partial charge is 0.497 e. The van der Waals surface area contributed by atoms with Gasteiger partial charge in [0.15, 0.2) is 0 Å². The number of aromatic nitrogens is 1. The monoisotopic (exact) mass is 448 g/mol. The van der Waals surface area contributed by atoms with E-state index in [0.29, 0.717) is 12.6 Å². The molecule has 0 spiro atoms. The highest BCUT2D eigenvalue weighted by Crippen LogP contribution is 2.36. The molecule has 0 radical (unpaired) electrons. The highest BCUT2D eigenvalue weighted by atomic mass is 32.1. The van der Waals surface area contributed by atoms with E-state index in [9.17, 15) is 4.79 Å². The van der Waals surface area contributed by atoms with Crippen LogP contribution in [0.5, 0.6) is 5.75 Å². The van der Waals surface area contributed by atoms with Crippen LogP contribution >= 0.6 is 11.3 Å². The van der Waals surface area contributed by atoms with Crippen molar-refractivity contribution in [3.8, 4) is 16.2 Å². The fourth-order valence-corrected chi connectivity index (χ4v) is 5.66. The van der Waals surface area contributed by atoms with Gasteiger partial charge in [-0.05, 0) is 80.5 Å². The molecule has 1 amide bonds. The Balaban J connectivity index is 1.33. The summed E-state index contributed by atoms with van der Waals surface area (Å²) in [4.78, 5) is 26.4. The average molecular weight is 449 g/mol. The van der Waals surface area contributed by atoms with Crippen molar-refractivity contribution >= 4 is 28.7 Å². The molecule has 0 aliphatic carbocycles. The van der Waals surface area contributed by atoms with Crippen LogP contribution in [0, 0.1) is 0 Å². The number of thiophene rings is 1. The molecule has 2 aliphatic rings. The van der Waals surface area contributed by atoms with Gasteiger partial charge in [0.05, 0.1) is 23.9 Å². The van der Waals surface area contributed by atoms with Crippen molar-refractivity contribution in [3.63, 3.8) is 0 Å². The smallest absolute Gasteiger partial charge is 0.268 e. The van der Waals surface area contributed by atoms with Crippen LogP contribution in [-0.4, -0.2) is 62.7 Å². The molecule has 3 aromatic rings. The number of anilines is 2. The number of carbonyl (C=O) groups is 1. The number of pyridine rings is 1. The standard InChI is InChI=1S/C25H28N4O2S/c1-27(2)20-11-12-28(16-20)23-9-6-19(15-26-23)29-13-10-18-14-22(32-24(18)25(29)30)17-4-7-21(31-3)8-5-17/h4-9,14-15,20H,10-13,16H2,1-3H3/t20-/m1/s1. The molecule has 0 unspecified atom stereocenters. The van der Waals surface area contributed by atoms with E-state index in [1.54, 1.807) is 18.4 Å². The molecule has 0 bridgehead atoms. The molecule has 2 aliphatic heterocycles. The summed E-state index contributed by atoms with van der Waals surface area (Å²) in [6, 6.07) is 14.8. The number of amides is 1. The first-order chi connectivity index (χ1) is 15.5. The van der Waals surface area contributed by atoms with Gasteiger partial charge in [0, 0.05) is 30.6 Å². The number of benzene rings is 1. The van der Waals surface area contributed by atoms with Crippen molar-refractivity contribution in [2.45, 2.75) is 18.9 Å². The number of carbonyl (C=O) groups excluding carboxylic acids is 1. The van der Waals surface area contributed by atoms with Gasteiger partial charge < -0.3 is 19.4 Å². The second-order valence-electron chi connectivity index (χ2n) is 8.63. The number of nitrogens with zero attached hydrogens (tertiary/aromatic N) is 4. The third-order valence-corrected chi connectivity index (χ3v) is 7.70. The summed E-state index contributed by atoms with van der Waals surface area (Å²) in [7, 11) is 5.93. The third-order valence-electron chi connectivity index (χ3n) is 6.49. The fraction of sp³-hybridized carbons (Fsp3) is 0.360. The maximum atomic E-state index is 13.3. The van der Waals surface area contributed by atoms with Crippen LogP contribution in [0.4, 0.5) is 11.5 Å². The Morgan fingerprint density at radius 1 is 1.12 bits per heavy atom. The van der Waals surface area contributed by atoms with Gasteiger partial charge >= 0.3 is 0 Å². The fourth-order valence-electron chi connectivity index (χ4n) is 4.49. The molecule has 6 nitrogen and oxygen atoms in total. The Bertz CT molecular complexity index is 1110. The van der Waals surface area contributed by atoms with Crippen molar-refractivity contribution in [3.05, 3.63) is 59.1 Å². The van der Waals surface area contributed by atoms with Crippen LogP contribution < -0.4 is 14.5 Å². The SMILES string of the molecule is COc1ccc(-c2cc3c(s2)C(=O)N(c2ccc(N4CC[C@@H](N(C)C)C4)nc2)CC3)cc1. The minimum atomic E-state index is 0.0689. The van der Waals surface area contributed by atoms with Crippen molar-refractivity contribution < 1.29 is 9.53 Å². The van der Waals surface area contributed by atoms with Gasteiger partial charge in [0.25, 0.3) is 5.91 Å². The molecule has 166 valence electrons. The lowest BCUT2D eigenvalue weighted by molar-refractivity contribution is 0.0985. The van der Waals surface area contributed by atoms with Crippen LogP contribution in [0.2, 0.25) is 0 Å². The highest BCUT2D eigenvalue weighted by molar-refractivity contribution is 7.17. The zero-order valence-electron chi connectivity index (χ0n) is 18.7. The van der Waals surface area contributed by atoms with E-state index in [0.717, 1.165) is 64.1 Å². The van der Waals surface area contributed by atoms with Gasteiger partial charge in [-0.15, -0.1) is 11.3 Å². The zero-order chi connectivity index (χ0) is 22.2. The molecule has 5 rings (SSSR count). The lowest BCUT2D eigenvalue weighted by Gasteiger charge is -2.27. The summed E-state index contributed by atoms with van der Waals surface area (Å²) in [5, 5.41) is 0. The predicted molar refractivity (Wildman–Crippen MR) is 130 cm³/mol. The lowest BCUT2D eigenvalue weighted by Crippen LogP contribution is -2.36. The van der Waals surface area contributed by atoms with Crippen LogP contribution in [0.15, 0.2) is 48.7 Å². The zero-order valence-corrected chi connectivity index (χ0v) is 19.6. The number of fused-ring (bicyclic) bond motifs is 1. The quantitative estimate of drug-likeness (QED) is 0.587. The van der Waals surface area contributed by atoms with Crippen LogP contribution in [-0.2, 0) is 6.42 Å². The second kappa shape index (κ2) is 8.56. The van der Waals surface area contributed by atoms with Gasteiger partial charge in [-0.3, -0.25) is 4.79 Å². The first-order valence-electron chi connectivity index (χ1n) is 11.0. The van der Waals surface area contributed by atoms with Crippen LogP contribution in [0.1, 0.15) is 21.7 Å². The molecular weight excluding hydrogens is 420 g/mol. The summed E-state index contributed by atoms with van der Waals surface area (Å²) in [5.41, 5.74) is 3.11. The maximum Gasteiger partial charge on any atom is 0.268 e. The van der Waals surface area contributed by atoms with Gasteiger partial charge in [-0.25, -0.2) is 4.98 Å². The van der Waals surface area contributed by atoms with Crippen molar-refractivity contribution in [2.24, 2.45) is 0 Å². The molecule has 2 aromatic heterocycles. The third kappa shape index (κ3) is 3.87. The molecule has 1 aromatic carbocycles. The summed E-state index contributed by atoms with van der Waals surface area (Å²) in [6.07, 6.45) is 3.85. The molecule has 0 N–H and O–H groups in total. The summed E-state index contributed by atoms with van der Waals surface area (Å²) < 4.78 is 5.25. The van der Waals surface area contributed by atoms with Crippen LogP contribution in [0.3, 0.4) is 0 Å². The van der Waals surface area contributed by atoms with E-state index in [-0.39, 0.29) is 5.91 Å². The first kappa shape index (κ1) is 21.0. The van der Waals surface area contributed by atoms with Crippen molar-refractivity contribution in [2.75, 3.05) is 50.6 Å². The second-order valence-corrected chi connectivity index (χ2v) is 9.68. The Morgan fingerprint density at radius 2 is 1.94 bits per heavy atom. The molecule has 1 fully saturated rings. The van der Waals surface area contributed by atoms with Gasteiger partial charge in [-0.2, -0.15) is 0 Å². The number of likely N-dealkylation sites (N-methyl/N-ethyl adjacent to an activating group) is 1. The van der Waals surface area contributed by atoms with Crippen LogP contribution in [0.25, 0.3) is 10.4 Å². The minimum absolute atomic E-state index is 0.0689. The van der Waals surface area contributed by atoms with Crippen molar-refractivity contribution in [1.29, 1.82) is 0 Å². The summed E-state index contributed by atoms with van der Waals surface area (Å²) in [5.74, 6) is 1.89. The maximum absolute atomic E-state index is 13.3. The minimum Gasteiger partial charge on any atom is -0.497 e. The van der Waals surface area contributed by atoms with Crippen molar-refractivity contribution in [1.82, 2.24) is 9.88 Å². The van der Waals surface area contributed by atoms with Gasteiger partial charge in [0.1, 0.15) is 11.6 Å². The molecule has 0 saturated carbocycles. The average Bonchev–Trinajstić information content (AvgIpc) is 3.48. The summed E-state index contributed by atoms with van der Waals surface area (Å²) in [6.45, 7) is 2.69. The number of hydrogen-bond acceptors (Lipinski definition) is 6. The highest BCUT2D eigenvalue weighted by Gasteiger charge is 2.29. The molecule has 32 heavy (non-hydrogen) atoms. The number of ether oxygens (including phenoxy) is 1. The van der Waals surface area contributed by atoms with E-state index in [2.05, 4.69) is 30.0 Å². The molecule has 1 atom stereocenters. The molecule has 7 heteroatoms. The van der Waals surface area contributed by atoms with E-state index in [1.807, 2.05) is 47.5 Å². The summed E-state index contributed by atoms with van der Waals surface area (Å²) >= 11 is 1.57. The van der Waals surface area contributed by atoms with E-state index < -0.39 is 0 Å². The predicted octanol–water partition coefficient (Wildman–Crippen LogP) is 4.16. The first-order valence-corrected chi connectivity index (χ1v) is 11.8. The van der Waals surface area contributed by atoms with E-state index >= 15 is 0 Å². The van der Waals surface area contributed by atoms with E-state index in [1.165, 1.54) is 0 Å². The Kier molecular flexibility index (Phi) is 5.61. The Hall–Kier alpha value is -2.90. The van der Waals surface area contributed by atoms with Gasteiger partial charge in [0.2, 0.25) is 0 Å². The molecular formula is C25H28N4O2S. The topological polar surface area (TPSA) is 48.9 Å². The normalized spacial score (nSPS) is 18.4.